The lowest BCUT2D eigenvalue weighted by atomic mass is 10.3. The van der Waals surface area contributed by atoms with Gasteiger partial charge in [0.1, 0.15) is 0 Å². The van der Waals surface area contributed by atoms with Gasteiger partial charge in [0.05, 0.1) is 6.61 Å². The molecule has 1 aromatic rings. The van der Waals surface area contributed by atoms with Gasteiger partial charge in [0.25, 0.3) is 0 Å². The summed E-state index contributed by atoms with van der Waals surface area (Å²) in [5, 5.41) is 3.32. The second-order valence-corrected chi connectivity index (χ2v) is 3.50. The van der Waals surface area contributed by atoms with E-state index < -0.39 is 0 Å². The first-order valence-electron chi connectivity index (χ1n) is 5.30. The molecule has 0 saturated heterocycles. The number of rotatable bonds is 7. The zero-order chi connectivity index (χ0) is 10.9. The van der Waals surface area contributed by atoms with Gasteiger partial charge in [-0.15, -0.1) is 0 Å². The van der Waals surface area contributed by atoms with Gasteiger partial charge in [0.2, 0.25) is 0 Å². The van der Waals surface area contributed by atoms with Crippen LogP contribution in [-0.2, 0) is 4.74 Å². The van der Waals surface area contributed by atoms with Crippen LogP contribution in [0.5, 0.6) is 0 Å². The molecule has 0 amide bonds. The largest absolute Gasteiger partial charge is 0.383 e. The van der Waals surface area contributed by atoms with Crippen molar-refractivity contribution in [3.63, 3.8) is 0 Å². The van der Waals surface area contributed by atoms with Crippen LogP contribution >= 0.6 is 0 Å². The Morgan fingerprint density at radius 1 is 1.20 bits per heavy atom. The lowest BCUT2D eigenvalue weighted by molar-refractivity contribution is 0.200. The zero-order valence-corrected chi connectivity index (χ0v) is 9.57. The molecule has 0 fully saturated rings. The van der Waals surface area contributed by atoms with E-state index in [-0.39, 0.29) is 0 Å². The van der Waals surface area contributed by atoms with Crippen LogP contribution in [-0.4, -0.2) is 40.4 Å². The molecule has 0 heterocycles. The van der Waals surface area contributed by atoms with Crippen molar-refractivity contribution in [2.75, 3.05) is 45.3 Å². The minimum absolute atomic E-state index is 0.773. The van der Waals surface area contributed by atoms with E-state index in [0.717, 1.165) is 26.2 Å². The average molecular weight is 208 g/mol. The monoisotopic (exact) mass is 208 g/mol. The van der Waals surface area contributed by atoms with Crippen LogP contribution in [0.15, 0.2) is 30.3 Å². The summed E-state index contributed by atoms with van der Waals surface area (Å²) in [6.07, 6.45) is 0. The molecule has 0 unspecified atom stereocenters. The predicted octanol–water partition coefficient (Wildman–Crippen LogP) is 1.36. The zero-order valence-electron chi connectivity index (χ0n) is 9.57. The summed E-state index contributed by atoms with van der Waals surface area (Å²) in [7, 11) is 3.82. The highest BCUT2D eigenvalue weighted by atomic mass is 16.5. The molecule has 1 rings (SSSR count). The van der Waals surface area contributed by atoms with Gasteiger partial charge < -0.3 is 15.0 Å². The number of benzene rings is 1. The molecule has 0 spiro atoms. The van der Waals surface area contributed by atoms with Crippen LogP contribution in [0, 0.1) is 0 Å². The molecule has 15 heavy (non-hydrogen) atoms. The Bertz CT molecular complexity index is 251. The van der Waals surface area contributed by atoms with Crippen LogP contribution in [0.3, 0.4) is 0 Å². The molecule has 0 aliphatic heterocycles. The van der Waals surface area contributed by atoms with E-state index >= 15 is 0 Å². The van der Waals surface area contributed by atoms with E-state index in [0.29, 0.717) is 0 Å². The molecular weight excluding hydrogens is 188 g/mol. The number of para-hydroxylation sites is 1. The average Bonchev–Trinajstić information content (AvgIpc) is 2.30. The maximum absolute atomic E-state index is 4.96. The quantitative estimate of drug-likeness (QED) is 0.685. The summed E-state index contributed by atoms with van der Waals surface area (Å²) < 4.78 is 4.96. The van der Waals surface area contributed by atoms with Crippen molar-refractivity contribution in [3.8, 4) is 0 Å². The molecule has 0 aliphatic rings. The standard InChI is InChI=1S/C12H20N2O/c1-14(10-8-13-9-11-15-2)12-6-4-3-5-7-12/h3-7,13H,8-11H2,1-2H3. The molecule has 3 heteroatoms. The highest BCUT2D eigenvalue weighted by Gasteiger charge is 1.97. The second kappa shape index (κ2) is 7.26. The maximum atomic E-state index is 4.96. The molecule has 0 saturated carbocycles. The fraction of sp³-hybridized carbons (Fsp3) is 0.500. The summed E-state index contributed by atoms with van der Waals surface area (Å²) in [6, 6.07) is 10.4. The topological polar surface area (TPSA) is 24.5 Å². The van der Waals surface area contributed by atoms with Crippen molar-refractivity contribution in [1.82, 2.24) is 5.32 Å². The van der Waals surface area contributed by atoms with Gasteiger partial charge in [-0.05, 0) is 12.1 Å². The SMILES string of the molecule is COCCNCCN(C)c1ccccc1. The number of nitrogens with one attached hydrogen (secondary N) is 1. The van der Waals surface area contributed by atoms with E-state index in [1.54, 1.807) is 7.11 Å². The van der Waals surface area contributed by atoms with Crippen LogP contribution < -0.4 is 10.2 Å². The Kier molecular flexibility index (Phi) is 5.81. The van der Waals surface area contributed by atoms with Gasteiger partial charge in [-0.25, -0.2) is 0 Å². The molecule has 0 aliphatic carbocycles. The molecule has 0 atom stereocenters. The van der Waals surface area contributed by atoms with Gasteiger partial charge in [0, 0.05) is 39.5 Å². The second-order valence-electron chi connectivity index (χ2n) is 3.50. The number of anilines is 1. The number of likely N-dealkylation sites (N-methyl/N-ethyl adjacent to an activating group) is 1. The Morgan fingerprint density at radius 3 is 2.60 bits per heavy atom. The minimum atomic E-state index is 0.773. The number of methoxy groups -OCH3 is 1. The summed E-state index contributed by atoms with van der Waals surface area (Å²) in [5.74, 6) is 0. The van der Waals surface area contributed by atoms with Crippen LogP contribution in [0.25, 0.3) is 0 Å². The van der Waals surface area contributed by atoms with E-state index in [9.17, 15) is 0 Å². The Hall–Kier alpha value is -1.06. The highest BCUT2D eigenvalue weighted by molar-refractivity contribution is 5.44. The predicted molar refractivity (Wildman–Crippen MR) is 64.5 cm³/mol. The molecule has 1 N–H and O–H groups in total. The fourth-order valence-corrected chi connectivity index (χ4v) is 1.36. The van der Waals surface area contributed by atoms with Gasteiger partial charge in [0.15, 0.2) is 0 Å². The highest BCUT2D eigenvalue weighted by Crippen LogP contribution is 2.09. The summed E-state index contributed by atoms with van der Waals surface area (Å²) in [5.41, 5.74) is 1.26. The number of ether oxygens (including phenoxy) is 1. The summed E-state index contributed by atoms with van der Waals surface area (Å²) >= 11 is 0. The fourth-order valence-electron chi connectivity index (χ4n) is 1.36. The van der Waals surface area contributed by atoms with Crippen molar-refractivity contribution in [2.24, 2.45) is 0 Å². The van der Waals surface area contributed by atoms with Crippen molar-refractivity contribution in [1.29, 1.82) is 0 Å². The van der Waals surface area contributed by atoms with Crippen molar-refractivity contribution < 1.29 is 4.74 Å². The molecule has 0 aromatic heterocycles. The third-order valence-corrected chi connectivity index (χ3v) is 2.30. The third-order valence-electron chi connectivity index (χ3n) is 2.30. The van der Waals surface area contributed by atoms with Gasteiger partial charge in [-0.1, -0.05) is 18.2 Å². The number of hydrogen-bond donors (Lipinski definition) is 1. The van der Waals surface area contributed by atoms with Crippen molar-refractivity contribution >= 4 is 5.69 Å². The lowest BCUT2D eigenvalue weighted by Crippen LogP contribution is -2.30. The molecule has 0 bridgehead atoms. The van der Waals surface area contributed by atoms with Crippen LogP contribution in [0.2, 0.25) is 0 Å². The van der Waals surface area contributed by atoms with Crippen LogP contribution in [0.1, 0.15) is 0 Å². The molecule has 1 aromatic carbocycles. The Morgan fingerprint density at radius 2 is 1.93 bits per heavy atom. The molecule has 84 valence electrons. The lowest BCUT2D eigenvalue weighted by Gasteiger charge is -2.19. The molecule has 0 radical (unpaired) electrons. The van der Waals surface area contributed by atoms with Gasteiger partial charge in [-0.3, -0.25) is 0 Å². The number of nitrogens with zero attached hydrogens (tertiary/aromatic N) is 1. The van der Waals surface area contributed by atoms with Gasteiger partial charge >= 0.3 is 0 Å². The molecule has 3 nitrogen and oxygen atoms in total. The minimum Gasteiger partial charge on any atom is -0.383 e. The third kappa shape index (κ3) is 4.81. The van der Waals surface area contributed by atoms with E-state index in [1.165, 1.54) is 5.69 Å². The van der Waals surface area contributed by atoms with E-state index in [1.807, 2.05) is 6.07 Å². The summed E-state index contributed by atoms with van der Waals surface area (Å²) in [6.45, 7) is 3.68. The Balaban J connectivity index is 2.16. The summed E-state index contributed by atoms with van der Waals surface area (Å²) in [4.78, 5) is 2.24. The first-order chi connectivity index (χ1) is 7.34. The smallest absolute Gasteiger partial charge is 0.0587 e. The van der Waals surface area contributed by atoms with Crippen molar-refractivity contribution in [2.45, 2.75) is 0 Å². The normalized spacial score (nSPS) is 10.3. The molecular formula is C12H20N2O. The van der Waals surface area contributed by atoms with E-state index in [4.69, 9.17) is 4.74 Å². The maximum Gasteiger partial charge on any atom is 0.0587 e. The number of hydrogen-bond acceptors (Lipinski definition) is 3. The Labute approximate surface area is 92.0 Å². The van der Waals surface area contributed by atoms with Crippen LogP contribution in [0.4, 0.5) is 5.69 Å². The van der Waals surface area contributed by atoms with Gasteiger partial charge in [-0.2, -0.15) is 0 Å². The first-order valence-corrected chi connectivity index (χ1v) is 5.30. The van der Waals surface area contributed by atoms with Crippen molar-refractivity contribution in [3.05, 3.63) is 30.3 Å². The van der Waals surface area contributed by atoms with E-state index in [2.05, 4.69) is 41.5 Å². The first kappa shape index (κ1) is 12.0.